The molecule has 132 valence electrons. The van der Waals surface area contributed by atoms with E-state index in [9.17, 15) is 10.1 Å². The molecule has 2 aromatic heterocycles. The van der Waals surface area contributed by atoms with Crippen LogP contribution >= 0.6 is 0 Å². The van der Waals surface area contributed by atoms with Gasteiger partial charge in [0.15, 0.2) is 0 Å². The predicted octanol–water partition coefficient (Wildman–Crippen LogP) is 2.01. The van der Waals surface area contributed by atoms with Gasteiger partial charge in [-0.25, -0.2) is 9.97 Å². The van der Waals surface area contributed by atoms with Gasteiger partial charge in [0, 0.05) is 51.0 Å². The van der Waals surface area contributed by atoms with Crippen molar-refractivity contribution in [3.8, 4) is 0 Å². The van der Waals surface area contributed by atoms with Crippen LogP contribution in [0.4, 0.5) is 17.3 Å². The Morgan fingerprint density at radius 1 is 1.20 bits per heavy atom. The average molecular weight is 342 g/mol. The third kappa shape index (κ3) is 4.63. The minimum absolute atomic E-state index is 0.00356. The Hall–Kier alpha value is -2.74. The Bertz CT molecular complexity index is 686. The Kier molecular flexibility index (Phi) is 5.39. The topological polar surface area (TPSA) is 87.4 Å². The van der Waals surface area contributed by atoms with E-state index in [0.717, 1.165) is 38.5 Å². The molecule has 0 saturated carbocycles. The number of nitrogens with one attached hydrogen (secondary N) is 1. The molecule has 3 heterocycles. The molecule has 0 spiro atoms. The van der Waals surface area contributed by atoms with E-state index in [1.54, 1.807) is 6.07 Å². The van der Waals surface area contributed by atoms with E-state index in [1.807, 2.05) is 24.4 Å². The monoisotopic (exact) mass is 342 g/mol. The van der Waals surface area contributed by atoms with E-state index in [0.29, 0.717) is 5.82 Å². The number of pyridine rings is 2. The number of nitrogens with zero attached hydrogens (tertiary/aromatic N) is 5. The van der Waals surface area contributed by atoms with Gasteiger partial charge in [-0.15, -0.1) is 0 Å². The minimum Gasteiger partial charge on any atom is -0.366 e. The summed E-state index contributed by atoms with van der Waals surface area (Å²) in [5, 5.41) is 14.0. The van der Waals surface area contributed by atoms with Crippen molar-refractivity contribution in [2.75, 3.05) is 42.9 Å². The Balaban J connectivity index is 1.46. The van der Waals surface area contributed by atoms with E-state index in [2.05, 4.69) is 32.0 Å². The number of nitro groups is 1. The highest BCUT2D eigenvalue weighted by Gasteiger charge is 2.19. The lowest BCUT2D eigenvalue weighted by molar-refractivity contribution is -0.385. The van der Waals surface area contributed by atoms with Gasteiger partial charge in [0.1, 0.15) is 17.8 Å². The van der Waals surface area contributed by atoms with Crippen molar-refractivity contribution < 1.29 is 4.92 Å². The Morgan fingerprint density at radius 3 is 2.60 bits per heavy atom. The van der Waals surface area contributed by atoms with Crippen molar-refractivity contribution in [2.24, 2.45) is 0 Å². The highest BCUT2D eigenvalue weighted by Crippen LogP contribution is 2.15. The van der Waals surface area contributed by atoms with Crippen molar-refractivity contribution in [3.63, 3.8) is 0 Å². The first-order chi connectivity index (χ1) is 12.1. The van der Waals surface area contributed by atoms with E-state index < -0.39 is 4.92 Å². The molecule has 3 rings (SSSR count). The SMILES string of the molecule is CC(CN1CCN(c2ccccn2)CC1)Nc1ccc([N+](=O)[O-])cn1. The molecule has 8 heteroatoms. The van der Waals surface area contributed by atoms with Crippen LogP contribution < -0.4 is 10.2 Å². The molecule has 0 bridgehead atoms. The van der Waals surface area contributed by atoms with Crippen molar-refractivity contribution in [3.05, 3.63) is 52.8 Å². The van der Waals surface area contributed by atoms with Crippen LogP contribution in [0.3, 0.4) is 0 Å². The van der Waals surface area contributed by atoms with Crippen LogP contribution in [0, 0.1) is 10.1 Å². The van der Waals surface area contributed by atoms with Gasteiger partial charge in [-0.3, -0.25) is 15.0 Å². The molecule has 1 aliphatic heterocycles. The summed E-state index contributed by atoms with van der Waals surface area (Å²) in [6, 6.07) is 9.30. The van der Waals surface area contributed by atoms with E-state index in [4.69, 9.17) is 0 Å². The number of hydrogen-bond acceptors (Lipinski definition) is 7. The van der Waals surface area contributed by atoms with Crippen LogP contribution in [-0.4, -0.2) is 58.6 Å². The van der Waals surface area contributed by atoms with Gasteiger partial charge in [-0.2, -0.15) is 0 Å². The number of hydrogen-bond donors (Lipinski definition) is 1. The van der Waals surface area contributed by atoms with Crippen LogP contribution in [0.1, 0.15) is 6.92 Å². The molecule has 2 aromatic rings. The summed E-state index contributed by atoms with van der Waals surface area (Å²) >= 11 is 0. The maximum absolute atomic E-state index is 10.7. The molecule has 0 amide bonds. The van der Waals surface area contributed by atoms with Crippen LogP contribution in [-0.2, 0) is 0 Å². The second kappa shape index (κ2) is 7.89. The third-order valence-electron chi connectivity index (χ3n) is 4.23. The first kappa shape index (κ1) is 17.1. The second-order valence-corrected chi connectivity index (χ2v) is 6.18. The van der Waals surface area contributed by atoms with Gasteiger partial charge in [0.25, 0.3) is 5.69 Å². The highest BCUT2D eigenvalue weighted by atomic mass is 16.6. The van der Waals surface area contributed by atoms with Gasteiger partial charge in [-0.05, 0) is 25.1 Å². The summed E-state index contributed by atoms with van der Waals surface area (Å²) in [6.45, 7) is 6.87. The Morgan fingerprint density at radius 2 is 2.00 bits per heavy atom. The zero-order valence-corrected chi connectivity index (χ0v) is 14.2. The first-order valence-electron chi connectivity index (χ1n) is 8.37. The maximum Gasteiger partial charge on any atom is 0.287 e. The predicted molar refractivity (Wildman–Crippen MR) is 96.9 cm³/mol. The van der Waals surface area contributed by atoms with Crippen LogP contribution in [0.2, 0.25) is 0 Å². The fourth-order valence-electron chi connectivity index (χ4n) is 2.97. The van der Waals surface area contributed by atoms with Crippen molar-refractivity contribution in [1.29, 1.82) is 0 Å². The largest absolute Gasteiger partial charge is 0.366 e. The zero-order chi connectivity index (χ0) is 17.6. The third-order valence-corrected chi connectivity index (χ3v) is 4.23. The van der Waals surface area contributed by atoms with Gasteiger partial charge >= 0.3 is 0 Å². The van der Waals surface area contributed by atoms with E-state index >= 15 is 0 Å². The number of piperazine rings is 1. The molecule has 1 fully saturated rings. The lowest BCUT2D eigenvalue weighted by Crippen LogP contribution is -2.49. The molecule has 0 radical (unpaired) electrons. The molecular formula is C17H22N6O2. The normalized spacial score (nSPS) is 16.4. The molecule has 1 N–H and O–H groups in total. The molecule has 1 aliphatic rings. The number of aromatic nitrogens is 2. The number of anilines is 2. The van der Waals surface area contributed by atoms with Gasteiger partial charge in [0.05, 0.1) is 4.92 Å². The van der Waals surface area contributed by atoms with Crippen LogP contribution in [0.15, 0.2) is 42.7 Å². The van der Waals surface area contributed by atoms with Gasteiger partial charge in [0.2, 0.25) is 0 Å². The minimum atomic E-state index is -0.443. The standard InChI is InChI=1S/C17H22N6O2/c1-14(20-16-6-5-15(12-19-16)23(24)25)13-21-8-10-22(11-9-21)17-4-2-3-7-18-17/h2-7,12,14H,8-11,13H2,1H3,(H,19,20). The van der Waals surface area contributed by atoms with Crippen molar-refractivity contribution >= 4 is 17.3 Å². The highest BCUT2D eigenvalue weighted by molar-refractivity contribution is 5.41. The van der Waals surface area contributed by atoms with Gasteiger partial charge < -0.3 is 10.2 Å². The van der Waals surface area contributed by atoms with Crippen molar-refractivity contribution in [2.45, 2.75) is 13.0 Å². The second-order valence-electron chi connectivity index (χ2n) is 6.18. The lowest BCUT2D eigenvalue weighted by Gasteiger charge is -2.36. The summed E-state index contributed by atoms with van der Waals surface area (Å²) < 4.78 is 0. The summed E-state index contributed by atoms with van der Waals surface area (Å²) in [6.07, 6.45) is 3.10. The van der Waals surface area contributed by atoms with Crippen LogP contribution in [0.5, 0.6) is 0 Å². The summed E-state index contributed by atoms with van der Waals surface area (Å²) in [5.74, 6) is 1.69. The summed E-state index contributed by atoms with van der Waals surface area (Å²) in [7, 11) is 0. The molecule has 1 unspecified atom stereocenters. The van der Waals surface area contributed by atoms with Gasteiger partial charge in [-0.1, -0.05) is 6.07 Å². The maximum atomic E-state index is 10.7. The first-order valence-corrected chi connectivity index (χ1v) is 8.37. The Labute approximate surface area is 146 Å². The molecule has 8 nitrogen and oxygen atoms in total. The molecule has 1 saturated heterocycles. The zero-order valence-electron chi connectivity index (χ0n) is 14.2. The molecule has 25 heavy (non-hydrogen) atoms. The van der Waals surface area contributed by atoms with E-state index in [-0.39, 0.29) is 11.7 Å². The van der Waals surface area contributed by atoms with Crippen molar-refractivity contribution in [1.82, 2.24) is 14.9 Å². The molecule has 0 aliphatic carbocycles. The fourth-order valence-corrected chi connectivity index (χ4v) is 2.97. The van der Waals surface area contributed by atoms with E-state index in [1.165, 1.54) is 12.3 Å². The van der Waals surface area contributed by atoms with Crippen LogP contribution in [0.25, 0.3) is 0 Å². The number of rotatable bonds is 6. The average Bonchev–Trinajstić information content (AvgIpc) is 2.63. The fraction of sp³-hybridized carbons (Fsp3) is 0.412. The lowest BCUT2D eigenvalue weighted by atomic mass is 10.2. The molecule has 1 atom stereocenters. The quantitative estimate of drug-likeness (QED) is 0.634. The smallest absolute Gasteiger partial charge is 0.287 e. The summed E-state index contributed by atoms with van der Waals surface area (Å²) in [5.41, 5.74) is 0.00356. The molecular weight excluding hydrogens is 320 g/mol. The summed E-state index contributed by atoms with van der Waals surface area (Å²) in [4.78, 5) is 23.4. The molecule has 0 aromatic carbocycles.